The number of benzene rings is 1. The molecule has 1 aliphatic heterocycles. The summed E-state index contributed by atoms with van der Waals surface area (Å²) in [6.07, 6.45) is 0.318. The highest BCUT2D eigenvalue weighted by molar-refractivity contribution is 7.99. The third kappa shape index (κ3) is 4.35. The van der Waals surface area contributed by atoms with Gasteiger partial charge in [0.15, 0.2) is 0 Å². The lowest BCUT2D eigenvalue weighted by Crippen LogP contribution is -2.36. The van der Waals surface area contributed by atoms with Gasteiger partial charge in [-0.05, 0) is 44.9 Å². The molecule has 0 unspecified atom stereocenters. The minimum absolute atomic E-state index is 0.184. The van der Waals surface area contributed by atoms with Crippen LogP contribution in [-0.4, -0.2) is 37.6 Å². The maximum Gasteiger partial charge on any atom is 0.408 e. The number of esters is 1. The van der Waals surface area contributed by atoms with Gasteiger partial charge in [0.05, 0.1) is 20.3 Å². The van der Waals surface area contributed by atoms with Crippen LogP contribution in [0.4, 0.5) is 4.79 Å². The van der Waals surface area contributed by atoms with Crippen LogP contribution in [0, 0.1) is 0 Å². The van der Waals surface area contributed by atoms with Gasteiger partial charge >= 0.3 is 12.1 Å². The van der Waals surface area contributed by atoms with E-state index < -0.39 is 17.7 Å². The highest BCUT2D eigenvalue weighted by Gasteiger charge is 2.28. The molecular weight excluding hydrogens is 330 g/mol. The number of rotatable bonds is 3. The number of carbonyl (C=O) groups is 2. The molecule has 1 aromatic rings. The van der Waals surface area contributed by atoms with Gasteiger partial charge in [-0.1, -0.05) is 0 Å². The predicted molar refractivity (Wildman–Crippen MR) is 91.8 cm³/mol. The molecule has 0 saturated carbocycles. The van der Waals surface area contributed by atoms with Crippen molar-refractivity contribution < 1.29 is 23.8 Å². The fourth-order valence-electron chi connectivity index (χ4n) is 2.45. The fourth-order valence-corrected chi connectivity index (χ4v) is 3.60. The summed E-state index contributed by atoms with van der Waals surface area (Å²) in [5.41, 5.74) is 0.744. The van der Waals surface area contributed by atoms with Gasteiger partial charge < -0.3 is 19.5 Å². The standard InChI is InChI=1S/C17H23NO5S/c1-17(2,3)23-16(20)18-12-6-7-24-14-9-11(15(19)22-5)13(21-4)8-10(12)14/h8-9,12H,6-7H2,1-5H3,(H,18,20)/t12-/m0/s1. The van der Waals surface area contributed by atoms with Crippen LogP contribution in [0.5, 0.6) is 5.75 Å². The van der Waals surface area contributed by atoms with E-state index >= 15 is 0 Å². The Morgan fingerprint density at radius 1 is 1.25 bits per heavy atom. The van der Waals surface area contributed by atoms with Crippen LogP contribution in [0.1, 0.15) is 49.2 Å². The van der Waals surface area contributed by atoms with Gasteiger partial charge in [0, 0.05) is 10.6 Å². The first kappa shape index (κ1) is 18.4. The van der Waals surface area contributed by atoms with E-state index in [1.165, 1.54) is 14.2 Å². The van der Waals surface area contributed by atoms with Gasteiger partial charge in [-0.25, -0.2) is 9.59 Å². The third-order valence-electron chi connectivity index (χ3n) is 3.47. The Labute approximate surface area is 146 Å². The van der Waals surface area contributed by atoms with Crippen molar-refractivity contribution in [3.05, 3.63) is 23.3 Å². The molecule has 0 aliphatic carbocycles. The molecular formula is C17H23NO5S. The lowest BCUT2D eigenvalue weighted by molar-refractivity contribution is 0.0499. The van der Waals surface area contributed by atoms with Gasteiger partial charge in [-0.15, -0.1) is 11.8 Å². The number of alkyl carbamates (subject to hydrolysis) is 1. The SMILES string of the molecule is COC(=O)c1cc2c(cc1OC)[C@@H](NC(=O)OC(C)(C)C)CCS2. The summed E-state index contributed by atoms with van der Waals surface area (Å²) < 4.78 is 15.4. The Hall–Kier alpha value is -1.89. The van der Waals surface area contributed by atoms with E-state index in [2.05, 4.69) is 5.32 Å². The first-order chi connectivity index (χ1) is 11.2. The molecule has 0 fully saturated rings. The van der Waals surface area contributed by atoms with Gasteiger partial charge in [-0.3, -0.25) is 0 Å². The summed E-state index contributed by atoms with van der Waals surface area (Å²) in [5.74, 6) is 0.817. The van der Waals surface area contributed by atoms with E-state index in [-0.39, 0.29) is 6.04 Å². The van der Waals surface area contributed by atoms with Crippen LogP contribution in [0.25, 0.3) is 0 Å². The maximum absolute atomic E-state index is 12.1. The Bertz CT molecular complexity index is 639. The van der Waals surface area contributed by atoms with Crippen LogP contribution in [0.15, 0.2) is 17.0 Å². The van der Waals surface area contributed by atoms with Crippen LogP contribution in [-0.2, 0) is 9.47 Å². The summed E-state index contributed by atoms with van der Waals surface area (Å²) >= 11 is 1.64. The zero-order valence-corrected chi connectivity index (χ0v) is 15.4. The Morgan fingerprint density at radius 2 is 1.96 bits per heavy atom. The number of hydrogen-bond acceptors (Lipinski definition) is 6. The fraction of sp³-hybridized carbons (Fsp3) is 0.529. The largest absolute Gasteiger partial charge is 0.496 e. The van der Waals surface area contributed by atoms with E-state index in [0.29, 0.717) is 11.3 Å². The molecule has 24 heavy (non-hydrogen) atoms. The van der Waals surface area contributed by atoms with Crippen molar-refractivity contribution in [2.45, 2.75) is 43.7 Å². The van der Waals surface area contributed by atoms with E-state index in [9.17, 15) is 9.59 Å². The highest BCUT2D eigenvalue weighted by atomic mass is 32.2. The molecule has 0 aromatic heterocycles. The summed E-state index contributed by atoms with van der Waals surface area (Å²) in [4.78, 5) is 24.9. The summed E-state index contributed by atoms with van der Waals surface area (Å²) in [7, 11) is 2.83. The minimum atomic E-state index is -0.553. The molecule has 1 amide bonds. The number of amides is 1. The van der Waals surface area contributed by atoms with Crippen LogP contribution < -0.4 is 10.1 Å². The number of fused-ring (bicyclic) bond motifs is 1. The number of thioether (sulfide) groups is 1. The summed E-state index contributed by atoms with van der Waals surface area (Å²) in [6, 6.07) is 3.36. The topological polar surface area (TPSA) is 73.9 Å². The van der Waals surface area contributed by atoms with Crippen molar-refractivity contribution in [2.75, 3.05) is 20.0 Å². The second-order valence-corrected chi connectivity index (χ2v) is 7.55. The Morgan fingerprint density at radius 3 is 2.54 bits per heavy atom. The summed E-state index contributed by atoms with van der Waals surface area (Å²) in [6.45, 7) is 5.47. The zero-order chi connectivity index (χ0) is 17.9. The van der Waals surface area contributed by atoms with Crippen LogP contribution in [0.3, 0.4) is 0 Å². The van der Waals surface area contributed by atoms with Gasteiger partial charge in [-0.2, -0.15) is 0 Å². The van der Waals surface area contributed by atoms with Crippen molar-refractivity contribution in [1.29, 1.82) is 0 Å². The van der Waals surface area contributed by atoms with E-state index in [4.69, 9.17) is 14.2 Å². The lowest BCUT2D eigenvalue weighted by Gasteiger charge is -2.28. The smallest absolute Gasteiger partial charge is 0.408 e. The number of hydrogen-bond donors (Lipinski definition) is 1. The Kier molecular flexibility index (Phi) is 5.64. The minimum Gasteiger partial charge on any atom is -0.496 e. The quantitative estimate of drug-likeness (QED) is 0.838. The van der Waals surface area contributed by atoms with Crippen LogP contribution in [0.2, 0.25) is 0 Å². The first-order valence-electron chi connectivity index (χ1n) is 7.67. The van der Waals surface area contributed by atoms with Crippen LogP contribution >= 0.6 is 11.8 Å². The first-order valence-corrected chi connectivity index (χ1v) is 8.66. The van der Waals surface area contributed by atoms with Gasteiger partial charge in [0.1, 0.15) is 16.9 Å². The third-order valence-corrected chi connectivity index (χ3v) is 4.57. The van der Waals surface area contributed by atoms with Gasteiger partial charge in [0.25, 0.3) is 0 Å². The van der Waals surface area contributed by atoms with Crippen molar-refractivity contribution in [3.63, 3.8) is 0 Å². The second kappa shape index (κ2) is 7.34. The molecule has 0 radical (unpaired) electrons. The van der Waals surface area contributed by atoms with E-state index in [1.54, 1.807) is 23.9 Å². The van der Waals surface area contributed by atoms with Crippen molar-refractivity contribution >= 4 is 23.8 Å². The van der Waals surface area contributed by atoms with E-state index in [0.717, 1.165) is 22.6 Å². The molecule has 1 atom stereocenters. The number of methoxy groups -OCH3 is 2. The molecule has 7 heteroatoms. The van der Waals surface area contributed by atoms with Gasteiger partial charge in [0.2, 0.25) is 0 Å². The summed E-state index contributed by atoms with van der Waals surface area (Å²) in [5, 5.41) is 2.90. The molecule has 132 valence electrons. The molecule has 1 aliphatic rings. The number of ether oxygens (including phenoxy) is 3. The zero-order valence-electron chi connectivity index (χ0n) is 14.6. The highest BCUT2D eigenvalue weighted by Crippen LogP contribution is 2.40. The predicted octanol–water partition coefficient (Wildman–Crippen LogP) is 3.54. The average Bonchev–Trinajstić information content (AvgIpc) is 2.51. The molecule has 1 heterocycles. The number of carbonyl (C=O) groups excluding carboxylic acids is 2. The molecule has 1 N–H and O–H groups in total. The maximum atomic E-state index is 12.1. The Balaban J connectivity index is 2.29. The molecule has 0 saturated heterocycles. The van der Waals surface area contributed by atoms with Crippen molar-refractivity contribution in [3.8, 4) is 5.75 Å². The molecule has 6 nitrogen and oxygen atoms in total. The van der Waals surface area contributed by atoms with Crippen molar-refractivity contribution in [2.24, 2.45) is 0 Å². The molecule has 0 bridgehead atoms. The monoisotopic (exact) mass is 353 g/mol. The van der Waals surface area contributed by atoms with Crippen molar-refractivity contribution in [1.82, 2.24) is 5.32 Å². The second-order valence-electron chi connectivity index (χ2n) is 6.42. The molecule has 0 spiro atoms. The number of nitrogens with one attached hydrogen (secondary N) is 1. The molecule has 1 aromatic carbocycles. The van der Waals surface area contributed by atoms with E-state index in [1.807, 2.05) is 20.8 Å². The average molecular weight is 353 g/mol. The lowest BCUT2D eigenvalue weighted by atomic mass is 10.0. The normalized spacial score (nSPS) is 16.8. The molecule has 2 rings (SSSR count).